The van der Waals surface area contributed by atoms with Crippen molar-refractivity contribution in [2.75, 3.05) is 6.54 Å². The number of guanidine groups is 1. The smallest absolute Gasteiger partial charge is 0.216 e. The number of rotatable bonds is 4. The summed E-state index contributed by atoms with van der Waals surface area (Å²) in [6.45, 7) is 7.07. The van der Waals surface area contributed by atoms with Gasteiger partial charge in [0, 0.05) is 6.54 Å². The van der Waals surface area contributed by atoms with Crippen LogP contribution in [0, 0.1) is 13.8 Å². The zero-order valence-corrected chi connectivity index (χ0v) is 10.0. The van der Waals surface area contributed by atoms with E-state index < -0.39 is 0 Å². The summed E-state index contributed by atoms with van der Waals surface area (Å²) in [6.07, 6.45) is 1.01. The molecule has 0 saturated heterocycles. The van der Waals surface area contributed by atoms with Gasteiger partial charge in [-0.05, 0) is 20.3 Å². The highest BCUT2D eigenvalue weighted by molar-refractivity contribution is 5.78. The molecule has 0 aliphatic rings. The monoisotopic (exact) mass is 225 g/mol. The summed E-state index contributed by atoms with van der Waals surface area (Å²) in [5.41, 5.74) is 3.40. The topological polar surface area (TPSA) is 88.5 Å². The number of aromatic nitrogens is 1. The van der Waals surface area contributed by atoms with Gasteiger partial charge in [-0.15, -0.1) is 0 Å². The number of oxazole rings is 1. The molecule has 0 unspecified atom stereocenters. The number of hydrogen-bond donors (Lipinski definition) is 3. The van der Waals surface area contributed by atoms with Crippen LogP contribution in [0.5, 0.6) is 0 Å². The molecule has 0 aliphatic heterocycles. The van der Waals surface area contributed by atoms with Gasteiger partial charge in [0.25, 0.3) is 0 Å². The molecule has 0 spiro atoms. The standard InChI is InChI=1S/C10H19N5O/c1-4-5-12-10(15-11)13-6-9-14-7(2)8(3)16-9/h4-6,11H2,1-3H3,(H2,12,13,15). The number of nitrogens with two attached hydrogens (primary N) is 1. The molecule has 0 bridgehead atoms. The lowest BCUT2D eigenvalue weighted by Crippen LogP contribution is -2.41. The second kappa shape index (κ2) is 6.12. The van der Waals surface area contributed by atoms with E-state index in [1.807, 2.05) is 13.8 Å². The van der Waals surface area contributed by atoms with Crippen LogP contribution in [0.2, 0.25) is 0 Å². The predicted molar refractivity (Wildman–Crippen MR) is 62.7 cm³/mol. The molecule has 0 atom stereocenters. The Kier molecular flexibility index (Phi) is 4.78. The normalized spacial score (nSPS) is 11.6. The summed E-state index contributed by atoms with van der Waals surface area (Å²) in [6, 6.07) is 0. The quantitative estimate of drug-likeness (QED) is 0.302. The molecule has 0 saturated carbocycles. The van der Waals surface area contributed by atoms with Crippen molar-refractivity contribution in [3.8, 4) is 0 Å². The highest BCUT2D eigenvalue weighted by Gasteiger charge is 2.04. The van der Waals surface area contributed by atoms with E-state index in [0.717, 1.165) is 24.4 Å². The van der Waals surface area contributed by atoms with Crippen molar-refractivity contribution in [2.24, 2.45) is 10.8 Å². The van der Waals surface area contributed by atoms with Crippen LogP contribution in [0.4, 0.5) is 0 Å². The largest absolute Gasteiger partial charge is 0.444 e. The average Bonchev–Trinajstić information content (AvgIpc) is 2.59. The highest BCUT2D eigenvalue weighted by Crippen LogP contribution is 2.08. The minimum Gasteiger partial charge on any atom is -0.444 e. The molecule has 4 N–H and O–H groups in total. The fraction of sp³-hybridized carbons (Fsp3) is 0.600. The van der Waals surface area contributed by atoms with E-state index in [-0.39, 0.29) is 0 Å². The molecule has 1 rings (SSSR count). The van der Waals surface area contributed by atoms with Crippen molar-refractivity contribution in [1.29, 1.82) is 0 Å². The Labute approximate surface area is 95.3 Å². The number of hydrogen-bond acceptors (Lipinski definition) is 4. The van der Waals surface area contributed by atoms with E-state index in [0.29, 0.717) is 18.4 Å². The Morgan fingerprint density at radius 1 is 1.50 bits per heavy atom. The van der Waals surface area contributed by atoms with E-state index in [1.165, 1.54) is 0 Å². The van der Waals surface area contributed by atoms with Crippen molar-refractivity contribution in [1.82, 2.24) is 15.7 Å². The lowest BCUT2D eigenvalue weighted by Gasteiger charge is -2.06. The Bertz CT molecular complexity index is 339. The van der Waals surface area contributed by atoms with E-state index >= 15 is 0 Å². The van der Waals surface area contributed by atoms with Gasteiger partial charge in [0.05, 0.1) is 5.69 Å². The summed E-state index contributed by atoms with van der Waals surface area (Å²) >= 11 is 0. The Balaban J connectivity index is 2.55. The van der Waals surface area contributed by atoms with Gasteiger partial charge in [-0.2, -0.15) is 0 Å². The summed E-state index contributed by atoms with van der Waals surface area (Å²) in [5.74, 6) is 7.30. The number of nitrogens with zero attached hydrogens (tertiary/aromatic N) is 2. The summed E-state index contributed by atoms with van der Waals surface area (Å²) in [5, 5.41) is 3.06. The number of aryl methyl sites for hydroxylation is 2. The molecular weight excluding hydrogens is 206 g/mol. The van der Waals surface area contributed by atoms with Gasteiger partial charge in [0.1, 0.15) is 12.3 Å². The maximum atomic E-state index is 5.40. The maximum Gasteiger partial charge on any atom is 0.216 e. The van der Waals surface area contributed by atoms with Gasteiger partial charge in [-0.1, -0.05) is 6.92 Å². The average molecular weight is 225 g/mol. The molecule has 1 aromatic heterocycles. The van der Waals surface area contributed by atoms with Gasteiger partial charge in [0.2, 0.25) is 11.9 Å². The lowest BCUT2D eigenvalue weighted by atomic mass is 10.4. The number of nitrogens with one attached hydrogen (secondary N) is 2. The molecule has 90 valence electrons. The van der Waals surface area contributed by atoms with E-state index in [2.05, 4.69) is 27.6 Å². The number of aliphatic imine (C=N–C) groups is 1. The van der Waals surface area contributed by atoms with Gasteiger partial charge < -0.3 is 9.73 Å². The summed E-state index contributed by atoms with van der Waals surface area (Å²) < 4.78 is 5.40. The molecule has 16 heavy (non-hydrogen) atoms. The third kappa shape index (κ3) is 3.54. The van der Waals surface area contributed by atoms with E-state index in [9.17, 15) is 0 Å². The predicted octanol–water partition coefficient (Wildman–Crippen LogP) is 0.610. The first-order valence-corrected chi connectivity index (χ1v) is 5.35. The van der Waals surface area contributed by atoms with Crippen molar-refractivity contribution >= 4 is 5.96 Å². The zero-order chi connectivity index (χ0) is 12.0. The fourth-order valence-corrected chi connectivity index (χ4v) is 1.15. The van der Waals surface area contributed by atoms with Crippen LogP contribution < -0.4 is 16.6 Å². The van der Waals surface area contributed by atoms with Crippen molar-refractivity contribution in [3.63, 3.8) is 0 Å². The van der Waals surface area contributed by atoms with E-state index in [1.54, 1.807) is 0 Å². The van der Waals surface area contributed by atoms with Crippen molar-refractivity contribution in [2.45, 2.75) is 33.7 Å². The minimum atomic E-state index is 0.380. The summed E-state index contributed by atoms with van der Waals surface area (Å²) in [4.78, 5) is 8.44. The maximum absolute atomic E-state index is 5.40. The third-order valence-electron chi connectivity index (χ3n) is 2.12. The molecule has 6 heteroatoms. The van der Waals surface area contributed by atoms with Crippen LogP contribution in [0.25, 0.3) is 0 Å². The number of hydrazine groups is 1. The second-order valence-electron chi connectivity index (χ2n) is 3.49. The zero-order valence-electron chi connectivity index (χ0n) is 10.0. The van der Waals surface area contributed by atoms with Crippen LogP contribution in [0.3, 0.4) is 0 Å². The molecule has 0 amide bonds. The lowest BCUT2D eigenvalue weighted by molar-refractivity contribution is 0.473. The molecule has 0 aliphatic carbocycles. The van der Waals surface area contributed by atoms with Gasteiger partial charge in [0.15, 0.2) is 0 Å². The highest BCUT2D eigenvalue weighted by atomic mass is 16.4. The van der Waals surface area contributed by atoms with Gasteiger partial charge in [-0.25, -0.2) is 15.8 Å². The first-order valence-electron chi connectivity index (χ1n) is 5.35. The third-order valence-corrected chi connectivity index (χ3v) is 2.12. The van der Waals surface area contributed by atoms with Crippen molar-refractivity contribution in [3.05, 3.63) is 17.3 Å². The van der Waals surface area contributed by atoms with Crippen molar-refractivity contribution < 1.29 is 4.42 Å². The minimum absolute atomic E-state index is 0.380. The summed E-state index contributed by atoms with van der Waals surface area (Å²) in [7, 11) is 0. The fourth-order valence-electron chi connectivity index (χ4n) is 1.15. The first-order chi connectivity index (χ1) is 7.67. The molecule has 0 radical (unpaired) electrons. The SMILES string of the molecule is CCCNC(=NCc1nc(C)c(C)o1)NN. The molecule has 6 nitrogen and oxygen atoms in total. The Morgan fingerprint density at radius 3 is 2.75 bits per heavy atom. The van der Waals surface area contributed by atoms with Gasteiger partial charge >= 0.3 is 0 Å². The molecule has 1 aromatic rings. The second-order valence-corrected chi connectivity index (χ2v) is 3.49. The van der Waals surface area contributed by atoms with Crippen LogP contribution in [-0.4, -0.2) is 17.5 Å². The molecule has 0 fully saturated rings. The van der Waals surface area contributed by atoms with Crippen LogP contribution in [0.1, 0.15) is 30.7 Å². The Hall–Kier alpha value is -1.56. The molecular formula is C10H19N5O. The van der Waals surface area contributed by atoms with Gasteiger partial charge in [-0.3, -0.25) is 5.43 Å². The molecule has 0 aromatic carbocycles. The molecule has 1 heterocycles. The van der Waals surface area contributed by atoms with Crippen LogP contribution in [0.15, 0.2) is 9.41 Å². The Morgan fingerprint density at radius 2 is 2.25 bits per heavy atom. The first kappa shape index (κ1) is 12.5. The van der Waals surface area contributed by atoms with E-state index in [4.69, 9.17) is 10.3 Å². The van der Waals surface area contributed by atoms with Crippen LogP contribution >= 0.6 is 0 Å². The van der Waals surface area contributed by atoms with Crippen LogP contribution in [-0.2, 0) is 6.54 Å².